The topological polar surface area (TPSA) is 49.3 Å². The molecule has 82 valence electrons. The van der Waals surface area contributed by atoms with Gasteiger partial charge < -0.3 is 10.6 Å². The molecule has 0 bridgehead atoms. The van der Waals surface area contributed by atoms with Gasteiger partial charge in [0.15, 0.2) is 5.96 Å². The Bertz CT molecular complexity index is 316. The summed E-state index contributed by atoms with van der Waals surface area (Å²) in [5, 5.41) is 6.16. The highest BCUT2D eigenvalue weighted by molar-refractivity contribution is 5.79. The zero-order valence-electron chi connectivity index (χ0n) is 9.54. The Balaban J connectivity index is 2.35. The highest BCUT2D eigenvalue weighted by atomic mass is 15.1. The molecule has 0 amide bonds. The van der Waals surface area contributed by atoms with Gasteiger partial charge in [0.2, 0.25) is 0 Å². The second-order valence-electron chi connectivity index (χ2n) is 3.31. The summed E-state index contributed by atoms with van der Waals surface area (Å²) in [7, 11) is 3.61. The van der Waals surface area contributed by atoms with Crippen LogP contribution in [0.25, 0.3) is 0 Å². The summed E-state index contributed by atoms with van der Waals surface area (Å²) >= 11 is 0. The summed E-state index contributed by atoms with van der Waals surface area (Å²) in [6, 6.07) is 4.13. The Morgan fingerprint density at radius 1 is 1.47 bits per heavy atom. The summed E-state index contributed by atoms with van der Waals surface area (Å²) < 4.78 is 0. The molecular formula is C11H18N4. The molecule has 0 aromatic carbocycles. The Labute approximate surface area is 90.8 Å². The lowest BCUT2D eigenvalue weighted by atomic mass is 10.2. The van der Waals surface area contributed by atoms with Crippen molar-refractivity contribution in [1.29, 1.82) is 0 Å². The highest BCUT2D eigenvalue weighted by Gasteiger charge is 1.95. The predicted molar refractivity (Wildman–Crippen MR) is 63.1 cm³/mol. The fraction of sp³-hybridized carbons (Fsp3) is 0.455. The SMILES string of the molecule is CN=C(NC)NCCc1ccc(C)nc1. The van der Waals surface area contributed by atoms with E-state index in [-0.39, 0.29) is 0 Å². The Hall–Kier alpha value is -1.58. The van der Waals surface area contributed by atoms with Gasteiger partial charge in [0.25, 0.3) is 0 Å². The van der Waals surface area contributed by atoms with E-state index in [0.29, 0.717) is 0 Å². The predicted octanol–water partition coefficient (Wildman–Crippen LogP) is 0.727. The van der Waals surface area contributed by atoms with Crippen LogP contribution in [-0.4, -0.2) is 31.6 Å². The fourth-order valence-corrected chi connectivity index (χ4v) is 1.25. The maximum Gasteiger partial charge on any atom is 0.190 e. The van der Waals surface area contributed by atoms with Crippen molar-refractivity contribution in [3.63, 3.8) is 0 Å². The minimum atomic E-state index is 0.815. The van der Waals surface area contributed by atoms with Gasteiger partial charge in [-0.2, -0.15) is 0 Å². The molecule has 1 aromatic rings. The van der Waals surface area contributed by atoms with Crippen LogP contribution in [0.5, 0.6) is 0 Å². The van der Waals surface area contributed by atoms with E-state index in [1.807, 2.05) is 26.2 Å². The Morgan fingerprint density at radius 3 is 2.80 bits per heavy atom. The molecule has 0 spiro atoms. The molecule has 0 aliphatic carbocycles. The molecule has 1 rings (SSSR count). The second-order valence-corrected chi connectivity index (χ2v) is 3.31. The number of guanidine groups is 1. The van der Waals surface area contributed by atoms with Crippen molar-refractivity contribution in [2.24, 2.45) is 4.99 Å². The molecular weight excluding hydrogens is 188 g/mol. The van der Waals surface area contributed by atoms with Gasteiger partial charge in [-0.15, -0.1) is 0 Å². The van der Waals surface area contributed by atoms with E-state index >= 15 is 0 Å². The third-order valence-corrected chi connectivity index (χ3v) is 2.14. The van der Waals surface area contributed by atoms with E-state index in [1.165, 1.54) is 5.56 Å². The first-order chi connectivity index (χ1) is 7.26. The van der Waals surface area contributed by atoms with Gasteiger partial charge in [-0.05, 0) is 25.0 Å². The zero-order chi connectivity index (χ0) is 11.1. The van der Waals surface area contributed by atoms with Crippen molar-refractivity contribution >= 4 is 5.96 Å². The van der Waals surface area contributed by atoms with E-state index in [2.05, 4.69) is 26.7 Å². The maximum atomic E-state index is 4.24. The van der Waals surface area contributed by atoms with Gasteiger partial charge in [0.05, 0.1) is 0 Å². The molecule has 2 N–H and O–H groups in total. The number of aliphatic imine (C=N–C) groups is 1. The van der Waals surface area contributed by atoms with Crippen LogP contribution in [0.1, 0.15) is 11.3 Å². The lowest BCUT2D eigenvalue weighted by Crippen LogP contribution is -2.35. The molecule has 0 atom stereocenters. The Morgan fingerprint density at radius 2 is 2.27 bits per heavy atom. The van der Waals surface area contributed by atoms with Crippen molar-refractivity contribution in [2.75, 3.05) is 20.6 Å². The average Bonchev–Trinajstić information content (AvgIpc) is 2.27. The summed E-state index contributed by atoms with van der Waals surface area (Å²) in [4.78, 5) is 8.27. The van der Waals surface area contributed by atoms with E-state index < -0.39 is 0 Å². The number of aromatic nitrogens is 1. The quantitative estimate of drug-likeness (QED) is 0.566. The molecule has 0 fully saturated rings. The van der Waals surface area contributed by atoms with Gasteiger partial charge in [-0.1, -0.05) is 6.07 Å². The normalized spacial score (nSPS) is 11.3. The lowest BCUT2D eigenvalue weighted by molar-refractivity contribution is 0.830. The molecule has 0 saturated heterocycles. The van der Waals surface area contributed by atoms with Crippen molar-refractivity contribution in [1.82, 2.24) is 15.6 Å². The molecule has 0 radical (unpaired) electrons. The third kappa shape index (κ3) is 3.97. The molecule has 0 aliphatic rings. The minimum absolute atomic E-state index is 0.815. The lowest BCUT2D eigenvalue weighted by Gasteiger charge is -2.07. The minimum Gasteiger partial charge on any atom is -0.359 e. The molecule has 0 aliphatic heterocycles. The standard InChI is InChI=1S/C11H18N4/c1-9-4-5-10(8-15-9)6-7-14-11(12-2)13-3/h4-5,8H,6-7H2,1-3H3,(H2,12,13,14). The first-order valence-corrected chi connectivity index (χ1v) is 5.06. The molecule has 4 nitrogen and oxygen atoms in total. The molecule has 15 heavy (non-hydrogen) atoms. The number of hydrogen-bond donors (Lipinski definition) is 2. The second kappa shape index (κ2) is 6.01. The van der Waals surface area contributed by atoms with Crippen LogP contribution in [0, 0.1) is 6.92 Å². The van der Waals surface area contributed by atoms with Gasteiger partial charge in [-0.25, -0.2) is 0 Å². The van der Waals surface area contributed by atoms with Crippen molar-refractivity contribution < 1.29 is 0 Å². The first-order valence-electron chi connectivity index (χ1n) is 5.06. The average molecular weight is 206 g/mol. The van der Waals surface area contributed by atoms with Crippen LogP contribution >= 0.6 is 0 Å². The van der Waals surface area contributed by atoms with Crippen LogP contribution in [-0.2, 0) is 6.42 Å². The molecule has 1 heterocycles. The largest absolute Gasteiger partial charge is 0.359 e. The monoisotopic (exact) mass is 206 g/mol. The molecule has 1 aromatic heterocycles. The maximum absolute atomic E-state index is 4.24. The number of rotatable bonds is 3. The molecule has 0 saturated carbocycles. The van der Waals surface area contributed by atoms with E-state index in [4.69, 9.17) is 0 Å². The van der Waals surface area contributed by atoms with Crippen molar-refractivity contribution in [3.05, 3.63) is 29.6 Å². The summed E-state index contributed by atoms with van der Waals surface area (Å²) in [6.07, 6.45) is 2.87. The first kappa shape index (κ1) is 11.5. The fourth-order valence-electron chi connectivity index (χ4n) is 1.25. The van der Waals surface area contributed by atoms with Crippen LogP contribution in [0.4, 0.5) is 0 Å². The van der Waals surface area contributed by atoms with Gasteiger partial charge in [0, 0.05) is 32.5 Å². The van der Waals surface area contributed by atoms with Gasteiger partial charge in [-0.3, -0.25) is 9.98 Å². The van der Waals surface area contributed by atoms with Crippen LogP contribution in [0.3, 0.4) is 0 Å². The van der Waals surface area contributed by atoms with E-state index in [0.717, 1.165) is 24.6 Å². The number of hydrogen-bond acceptors (Lipinski definition) is 2. The number of pyridine rings is 1. The number of nitrogens with one attached hydrogen (secondary N) is 2. The van der Waals surface area contributed by atoms with Gasteiger partial charge >= 0.3 is 0 Å². The molecule has 4 heteroatoms. The van der Waals surface area contributed by atoms with Crippen molar-refractivity contribution in [2.45, 2.75) is 13.3 Å². The number of nitrogens with zero attached hydrogens (tertiary/aromatic N) is 2. The summed E-state index contributed by atoms with van der Waals surface area (Å²) in [5.74, 6) is 0.815. The highest BCUT2D eigenvalue weighted by Crippen LogP contribution is 1.99. The Kier molecular flexibility index (Phi) is 4.60. The van der Waals surface area contributed by atoms with Crippen LogP contribution < -0.4 is 10.6 Å². The zero-order valence-corrected chi connectivity index (χ0v) is 9.54. The molecule has 0 unspecified atom stereocenters. The van der Waals surface area contributed by atoms with E-state index in [1.54, 1.807) is 7.05 Å². The third-order valence-electron chi connectivity index (χ3n) is 2.14. The smallest absolute Gasteiger partial charge is 0.190 e. The van der Waals surface area contributed by atoms with Crippen LogP contribution in [0.2, 0.25) is 0 Å². The van der Waals surface area contributed by atoms with Crippen molar-refractivity contribution in [3.8, 4) is 0 Å². The van der Waals surface area contributed by atoms with Crippen LogP contribution in [0.15, 0.2) is 23.3 Å². The summed E-state index contributed by atoms with van der Waals surface area (Å²) in [6.45, 7) is 2.85. The van der Waals surface area contributed by atoms with Gasteiger partial charge in [0.1, 0.15) is 0 Å². The van der Waals surface area contributed by atoms with E-state index in [9.17, 15) is 0 Å². The number of aryl methyl sites for hydroxylation is 1. The summed E-state index contributed by atoms with van der Waals surface area (Å²) in [5.41, 5.74) is 2.29.